The minimum atomic E-state index is -0.291. The van der Waals surface area contributed by atoms with Crippen LogP contribution in [0.3, 0.4) is 0 Å². The molecule has 0 amide bonds. The monoisotopic (exact) mass is 244 g/mol. The van der Waals surface area contributed by atoms with E-state index in [1.807, 2.05) is 0 Å². The van der Waals surface area contributed by atoms with Crippen LogP contribution in [0.5, 0.6) is 0 Å². The number of hydrogen-bond acceptors (Lipinski definition) is 4. The van der Waals surface area contributed by atoms with Gasteiger partial charge in [0.25, 0.3) is 0 Å². The molecule has 0 bridgehead atoms. The fraction of sp³-hybridized carbons (Fsp3) is 0.769. The van der Waals surface area contributed by atoms with Gasteiger partial charge in [0.05, 0.1) is 19.8 Å². The number of esters is 1. The second-order valence-electron chi connectivity index (χ2n) is 3.73. The van der Waals surface area contributed by atoms with Crippen molar-refractivity contribution in [2.45, 2.75) is 39.7 Å². The Bertz CT molecular complexity index is 213. The summed E-state index contributed by atoms with van der Waals surface area (Å²) in [7, 11) is 0. The number of carbonyl (C=O) groups is 1. The highest BCUT2D eigenvalue weighted by atomic mass is 16.6. The van der Waals surface area contributed by atoms with E-state index in [9.17, 15) is 4.79 Å². The number of cyclic esters (lactones) is 1. The van der Waals surface area contributed by atoms with E-state index in [-0.39, 0.29) is 12.1 Å². The van der Waals surface area contributed by atoms with E-state index < -0.39 is 0 Å². The lowest BCUT2D eigenvalue weighted by atomic mass is 10.4. The van der Waals surface area contributed by atoms with E-state index in [1.165, 1.54) is 12.5 Å². The molecule has 1 atom stereocenters. The Morgan fingerprint density at radius 3 is 2.35 bits per heavy atom. The van der Waals surface area contributed by atoms with Crippen molar-refractivity contribution in [1.82, 2.24) is 0 Å². The van der Waals surface area contributed by atoms with Crippen molar-refractivity contribution in [2.24, 2.45) is 0 Å². The summed E-state index contributed by atoms with van der Waals surface area (Å²) in [6.07, 6.45) is 5.17. The highest BCUT2D eigenvalue weighted by molar-refractivity contribution is 5.84. The SMILES string of the molecule is CCC.CCCOCCOCC1C=CC(=O)O1. The number of ether oxygens (including phenoxy) is 3. The standard InChI is InChI=1S/C10H16O4.C3H8/c1-2-5-12-6-7-13-8-9-3-4-10(11)14-9;1-3-2/h3-4,9H,2,5-8H2,1H3;3H2,1-2H3. The zero-order valence-electron chi connectivity index (χ0n) is 11.1. The molecule has 1 aliphatic rings. The van der Waals surface area contributed by atoms with E-state index in [0.717, 1.165) is 13.0 Å². The fourth-order valence-electron chi connectivity index (χ4n) is 1.07. The van der Waals surface area contributed by atoms with Gasteiger partial charge in [-0.3, -0.25) is 0 Å². The van der Waals surface area contributed by atoms with E-state index in [2.05, 4.69) is 20.8 Å². The zero-order valence-corrected chi connectivity index (χ0v) is 11.1. The lowest BCUT2D eigenvalue weighted by Crippen LogP contribution is -2.17. The molecule has 4 heteroatoms. The van der Waals surface area contributed by atoms with Crippen LogP contribution in [0.25, 0.3) is 0 Å². The van der Waals surface area contributed by atoms with Crippen molar-refractivity contribution < 1.29 is 19.0 Å². The quantitative estimate of drug-likeness (QED) is 0.509. The van der Waals surface area contributed by atoms with Gasteiger partial charge in [-0.2, -0.15) is 0 Å². The van der Waals surface area contributed by atoms with Crippen molar-refractivity contribution in [2.75, 3.05) is 26.4 Å². The van der Waals surface area contributed by atoms with Crippen LogP contribution in [0.1, 0.15) is 33.6 Å². The third kappa shape index (κ3) is 10.0. The third-order valence-electron chi connectivity index (χ3n) is 1.72. The fourth-order valence-corrected chi connectivity index (χ4v) is 1.07. The van der Waals surface area contributed by atoms with Crippen LogP contribution in [0, 0.1) is 0 Å². The summed E-state index contributed by atoms with van der Waals surface area (Å²) in [4.78, 5) is 10.6. The molecule has 0 saturated heterocycles. The summed E-state index contributed by atoms with van der Waals surface area (Å²) >= 11 is 0. The Labute approximate surface area is 104 Å². The average Bonchev–Trinajstić information content (AvgIpc) is 2.70. The van der Waals surface area contributed by atoms with Crippen molar-refractivity contribution >= 4 is 5.97 Å². The summed E-state index contributed by atoms with van der Waals surface area (Å²) in [5.74, 6) is -0.291. The largest absolute Gasteiger partial charge is 0.452 e. The summed E-state index contributed by atoms with van der Waals surface area (Å²) < 4.78 is 15.4. The third-order valence-corrected chi connectivity index (χ3v) is 1.72. The first-order chi connectivity index (χ1) is 8.24. The van der Waals surface area contributed by atoms with Crippen LogP contribution in [0.2, 0.25) is 0 Å². The van der Waals surface area contributed by atoms with Gasteiger partial charge in [0.2, 0.25) is 0 Å². The molecule has 1 unspecified atom stereocenters. The molecule has 0 radical (unpaired) electrons. The molecule has 0 saturated carbocycles. The van der Waals surface area contributed by atoms with Gasteiger partial charge in [0.15, 0.2) is 0 Å². The van der Waals surface area contributed by atoms with E-state index in [4.69, 9.17) is 14.2 Å². The van der Waals surface area contributed by atoms with Crippen molar-refractivity contribution in [3.8, 4) is 0 Å². The minimum Gasteiger partial charge on any atom is -0.452 e. The molecule has 4 nitrogen and oxygen atoms in total. The molecule has 1 aliphatic heterocycles. The van der Waals surface area contributed by atoms with Crippen LogP contribution in [-0.4, -0.2) is 38.5 Å². The normalized spacial score (nSPS) is 17.6. The topological polar surface area (TPSA) is 44.8 Å². The van der Waals surface area contributed by atoms with Crippen molar-refractivity contribution in [1.29, 1.82) is 0 Å². The zero-order chi connectivity index (χ0) is 12.9. The van der Waals surface area contributed by atoms with E-state index >= 15 is 0 Å². The summed E-state index contributed by atoms with van der Waals surface area (Å²) in [5, 5.41) is 0. The molecule has 17 heavy (non-hydrogen) atoms. The van der Waals surface area contributed by atoms with Gasteiger partial charge in [-0.25, -0.2) is 4.79 Å². The molecular formula is C13H24O4. The van der Waals surface area contributed by atoms with Gasteiger partial charge in [-0.1, -0.05) is 27.2 Å². The maximum absolute atomic E-state index is 10.6. The second-order valence-corrected chi connectivity index (χ2v) is 3.73. The summed E-state index contributed by atoms with van der Waals surface area (Å²) in [6.45, 7) is 8.63. The van der Waals surface area contributed by atoms with Gasteiger partial charge in [0, 0.05) is 12.7 Å². The first kappa shape index (κ1) is 16.1. The lowest BCUT2D eigenvalue weighted by Gasteiger charge is -2.09. The molecule has 0 aromatic heterocycles. The summed E-state index contributed by atoms with van der Waals surface area (Å²) in [5.41, 5.74) is 0. The summed E-state index contributed by atoms with van der Waals surface area (Å²) in [6, 6.07) is 0. The maximum Gasteiger partial charge on any atom is 0.331 e. The van der Waals surface area contributed by atoms with Crippen LogP contribution in [0.4, 0.5) is 0 Å². The Morgan fingerprint density at radius 2 is 1.82 bits per heavy atom. The minimum absolute atomic E-state index is 0.214. The highest BCUT2D eigenvalue weighted by Gasteiger charge is 2.15. The molecule has 0 aliphatic carbocycles. The highest BCUT2D eigenvalue weighted by Crippen LogP contribution is 2.04. The Morgan fingerprint density at radius 1 is 1.18 bits per heavy atom. The smallest absolute Gasteiger partial charge is 0.331 e. The molecule has 0 aromatic carbocycles. The molecular weight excluding hydrogens is 220 g/mol. The van der Waals surface area contributed by atoms with E-state index in [0.29, 0.717) is 19.8 Å². The Hall–Kier alpha value is -0.870. The Kier molecular flexibility index (Phi) is 11.0. The van der Waals surface area contributed by atoms with Gasteiger partial charge in [-0.15, -0.1) is 0 Å². The number of carbonyl (C=O) groups excluding carboxylic acids is 1. The average molecular weight is 244 g/mol. The van der Waals surface area contributed by atoms with Gasteiger partial charge >= 0.3 is 5.97 Å². The molecule has 0 N–H and O–H groups in total. The van der Waals surface area contributed by atoms with Crippen LogP contribution in [0.15, 0.2) is 12.2 Å². The van der Waals surface area contributed by atoms with Crippen LogP contribution >= 0.6 is 0 Å². The molecule has 0 spiro atoms. The molecule has 1 rings (SSSR count). The van der Waals surface area contributed by atoms with Gasteiger partial charge in [-0.05, 0) is 12.5 Å². The van der Waals surface area contributed by atoms with Crippen LogP contribution < -0.4 is 0 Å². The maximum atomic E-state index is 10.6. The lowest BCUT2D eigenvalue weighted by molar-refractivity contribution is -0.140. The van der Waals surface area contributed by atoms with E-state index in [1.54, 1.807) is 6.08 Å². The number of hydrogen-bond donors (Lipinski definition) is 0. The van der Waals surface area contributed by atoms with Gasteiger partial charge in [0.1, 0.15) is 6.10 Å². The van der Waals surface area contributed by atoms with Crippen LogP contribution in [-0.2, 0) is 19.0 Å². The first-order valence-corrected chi connectivity index (χ1v) is 6.28. The number of rotatable bonds is 7. The predicted molar refractivity (Wildman–Crippen MR) is 66.9 cm³/mol. The molecule has 100 valence electrons. The second kappa shape index (κ2) is 11.6. The first-order valence-electron chi connectivity index (χ1n) is 6.28. The molecule has 1 heterocycles. The molecule has 0 fully saturated rings. The Balaban J connectivity index is 0.000000770. The molecule has 0 aromatic rings. The van der Waals surface area contributed by atoms with Crippen molar-refractivity contribution in [3.63, 3.8) is 0 Å². The predicted octanol–water partition coefficient (Wildman–Crippen LogP) is 2.33. The van der Waals surface area contributed by atoms with Crippen molar-refractivity contribution in [3.05, 3.63) is 12.2 Å². The van der Waals surface area contributed by atoms with Gasteiger partial charge < -0.3 is 14.2 Å².